The number of anilines is 1. The summed E-state index contributed by atoms with van der Waals surface area (Å²) in [6.07, 6.45) is -8.30. The largest absolute Gasteiger partial charge is 0.493 e. The van der Waals surface area contributed by atoms with Crippen molar-refractivity contribution in [2.24, 2.45) is 4.99 Å². The predicted octanol–water partition coefficient (Wildman–Crippen LogP) is 7.41. The fraction of sp³-hybridized carbons (Fsp3) is 0.290. The lowest BCUT2D eigenvalue weighted by Crippen LogP contribution is -2.47. The topological polar surface area (TPSA) is 54.4 Å². The minimum atomic E-state index is -5.01. The molecule has 6 nitrogen and oxygen atoms in total. The number of halogens is 6. The number of hydrogen-bond acceptors (Lipinski definition) is 6. The minimum Gasteiger partial charge on any atom is -0.493 e. The summed E-state index contributed by atoms with van der Waals surface area (Å²) in [7, 11) is 1.34. The highest BCUT2D eigenvalue weighted by molar-refractivity contribution is 8.18. The van der Waals surface area contributed by atoms with Crippen LogP contribution in [0.3, 0.4) is 0 Å². The number of amidine groups is 1. The molecular weight excluding hydrogens is 608 g/mol. The minimum absolute atomic E-state index is 0.0712. The molecule has 0 N–H and O–H groups in total. The van der Waals surface area contributed by atoms with E-state index in [2.05, 4.69) is 39.1 Å². The second-order valence-electron chi connectivity index (χ2n) is 10.2. The summed E-state index contributed by atoms with van der Waals surface area (Å²) in [4.78, 5) is 21.7. The number of methoxy groups -OCH3 is 1. The van der Waals surface area contributed by atoms with E-state index in [1.807, 2.05) is 6.92 Å². The Morgan fingerprint density at radius 3 is 2.18 bits per heavy atom. The Bertz CT molecular complexity index is 1590. The average Bonchev–Trinajstić information content (AvgIpc) is 3.35. The molecule has 3 aromatic carbocycles. The number of amides is 1. The molecule has 0 aromatic heterocycles. The Labute approximate surface area is 254 Å². The van der Waals surface area contributed by atoms with E-state index in [0.29, 0.717) is 34.8 Å². The van der Waals surface area contributed by atoms with Crippen molar-refractivity contribution >= 4 is 34.6 Å². The highest BCUT2D eigenvalue weighted by Crippen LogP contribution is 2.39. The molecule has 0 radical (unpaired) electrons. The first kappa shape index (κ1) is 31.3. The van der Waals surface area contributed by atoms with Gasteiger partial charge in [-0.25, -0.2) is 0 Å². The van der Waals surface area contributed by atoms with Crippen LogP contribution in [-0.4, -0.2) is 49.3 Å². The lowest BCUT2D eigenvalue weighted by molar-refractivity contribution is -0.143. The van der Waals surface area contributed by atoms with Crippen LogP contribution in [0.15, 0.2) is 70.6 Å². The number of hydrogen-bond donors (Lipinski definition) is 0. The Hall–Kier alpha value is -4.13. The van der Waals surface area contributed by atoms with Gasteiger partial charge in [-0.15, -0.1) is 0 Å². The Morgan fingerprint density at radius 2 is 1.55 bits per heavy atom. The zero-order chi connectivity index (χ0) is 31.6. The molecule has 5 rings (SSSR count). The molecule has 1 fully saturated rings. The van der Waals surface area contributed by atoms with Crippen molar-refractivity contribution in [2.45, 2.75) is 25.9 Å². The Balaban J connectivity index is 1.24. The molecule has 44 heavy (non-hydrogen) atoms. The molecule has 2 aliphatic rings. The van der Waals surface area contributed by atoms with Gasteiger partial charge in [0.15, 0.2) is 16.7 Å². The summed E-state index contributed by atoms with van der Waals surface area (Å²) in [6, 6.07) is 14.3. The number of carbonyl (C=O) groups excluding carboxylic acids is 1. The third-order valence-electron chi connectivity index (χ3n) is 7.17. The van der Waals surface area contributed by atoms with Gasteiger partial charge in [0.05, 0.1) is 23.1 Å². The molecule has 1 amide bonds. The molecular formula is C31H27F6N3O3S. The number of ether oxygens (including phenoxy) is 2. The molecule has 0 unspecified atom stereocenters. The fourth-order valence-electron chi connectivity index (χ4n) is 4.79. The van der Waals surface area contributed by atoms with E-state index in [1.165, 1.54) is 30.5 Å². The van der Waals surface area contributed by atoms with Crippen molar-refractivity contribution in [1.29, 1.82) is 0 Å². The number of benzene rings is 3. The van der Waals surface area contributed by atoms with E-state index in [4.69, 9.17) is 9.47 Å². The first-order valence-electron chi connectivity index (χ1n) is 13.5. The van der Waals surface area contributed by atoms with Gasteiger partial charge in [-0.2, -0.15) is 31.3 Å². The SMILES string of the molecule is COc1cc(C=C2SC(N3CCN(c4ccc(C)cc4)CC3)=NC2=O)ccc1OCc1ccc(C(F)(F)F)cc1C(F)(F)F. The van der Waals surface area contributed by atoms with E-state index < -0.39 is 35.6 Å². The molecule has 0 spiro atoms. The first-order valence-corrected chi connectivity index (χ1v) is 14.3. The molecule has 232 valence electrons. The van der Waals surface area contributed by atoms with E-state index in [9.17, 15) is 31.1 Å². The van der Waals surface area contributed by atoms with Crippen LogP contribution in [0, 0.1) is 6.92 Å². The van der Waals surface area contributed by atoms with Crippen molar-refractivity contribution in [2.75, 3.05) is 38.2 Å². The average molecular weight is 636 g/mol. The van der Waals surface area contributed by atoms with Crippen LogP contribution in [0.25, 0.3) is 6.08 Å². The van der Waals surface area contributed by atoms with Crippen molar-refractivity contribution in [3.05, 3.63) is 93.4 Å². The van der Waals surface area contributed by atoms with Gasteiger partial charge in [0, 0.05) is 37.4 Å². The van der Waals surface area contributed by atoms with Crippen molar-refractivity contribution < 1.29 is 40.6 Å². The third-order valence-corrected chi connectivity index (χ3v) is 8.21. The Kier molecular flexibility index (Phi) is 8.87. The Morgan fingerprint density at radius 1 is 0.864 bits per heavy atom. The number of rotatable bonds is 6. The molecule has 0 bridgehead atoms. The van der Waals surface area contributed by atoms with Gasteiger partial charge in [0.25, 0.3) is 5.91 Å². The van der Waals surface area contributed by atoms with Crippen LogP contribution in [0.2, 0.25) is 0 Å². The molecule has 2 aliphatic heterocycles. The quantitative estimate of drug-likeness (QED) is 0.208. The number of aliphatic imine (C=N–C) groups is 1. The number of carbonyl (C=O) groups is 1. The van der Waals surface area contributed by atoms with Crippen LogP contribution in [-0.2, 0) is 23.8 Å². The molecule has 13 heteroatoms. The van der Waals surface area contributed by atoms with Gasteiger partial charge in [0.2, 0.25) is 0 Å². The standard InChI is InChI=1S/C31H27F6N3O3S/c1-19-3-8-23(9-4-19)39-11-13-40(14-12-39)29-38-28(41)27(44-29)16-20-5-10-25(26(15-20)42-2)43-18-21-6-7-22(30(32,33)34)17-24(21)31(35,36)37/h3-10,15-17H,11-14,18H2,1-2H3. The van der Waals surface area contributed by atoms with Crippen LogP contribution < -0.4 is 14.4 Å². The van der Waals surface area contributed by atoms with Crippen LogP contribution in [0.4, 0.5) is 32.0 Å². The van der Waals surface area contributed by atoms with E-state index in [1.54, 1.807) is 18.2 Å². The van der Waals surface area contributed by atoms with Gasteiger partial charge in [-0.3, -0.25) is 4.79 Å². The van der Waals surface area contributed by atoms with E-state index in [-0.39, 0.29) is 23.5 Å². The summed E-state index contributed by atoms with van der Waals surface area (Å²) in [5.74, 6) is -0.132. The van der Waals surface area contributed by atoms with Gasteiger partial charge >= 0.3 is 12.4 Å². The first-order chi connectivity index (χ1) is 20.8. The van der Waals surface area contributed by atoms with Crippen LogP contribution >= 0.6 is 11.8 Å². The fourth-order valence-corrected chi connectivity index (χ4v) is 5.75. The van der Waals surface area contributed by atoms with E-state index >= 15 is 0 Å². The molecule has 0 aliphatic carbocycles. The molecule has 0 saturated carbocycles. The summed E-state index contributed by atoms with van der Waals surface area (Å²) in [6.45, 7) is 4.37. The lowest BCUT2D eigenvalue weighted by Gasteiger charge is -2.36. The normalized spacial score (nSPS) is 16.9. The number of nitrogens with zero attached hydrogens (tertiary/aromatic N) is 3. The second kappa shape index (κ2) is 12.5. The molecule has 2 heterocycles. The maximum absolute atomic E-state index is 13.5. The highest BCUT2D eigenvalue weighted by atomic mass is 32.2. The summed E-state index contributed by atoms with van der Waals surface area (Å²) < 4.78 is 90.4. The van der Waals surface area contributed by atoms with Crippen LogP contribution in [0.1, 0.15) is 27.8 Å². The number of thioether (sulfide) groups is 1. The number of aryl methyl sites for hydroxylation is 1. The van der Waals surface area contributed by atoms with Crippen molar-refractivity contribution in [3.63, 3.8) is 0 Å². The maximum atomic E-state index is 13.5. The van der Waals surface area contributed by atoms with Crippen molar-refractivity contribution in [3.8, 4) is 11.5 Å². The molecule has 0 atom stereocenters. The van der Waals surface area contributed by atoms with E-state index in [0.717, 1.165) is 24.8 Å². The number of alkyl halides is 6. The van der Waals surface area contributed by atoms with Crippen LogP contribution in [0.5, 0.6) is 11.5 Å². The molecule has 3 aromatic rings. The van der Waals surface area contributed by atoms with Crippen molar-refractivity contribution in [1.82, 2.24) is 4.90 Å². The molecule has 1 saturated heterocycles. The zero-order valence-corrected chi connectivity index (χ0v) is 24.4. The maximum Gasteiger partial charge on any atom is 0.416 e. The summed E-state index contributed by atoms with van der Waals surface area (Å²) in [5.41, 5.74) is -0.391. The third kappa shape index (κ3) is 7.15. The highest BCUT2D eigenvalue weighted by Gasteiger charge is 2.38. The summed E-state index contributed by atoms with van der Waals surface area (Å²) in [5, 5.41) is 0.619. The summed E-state index contributed by atoms with van der Waals surface area (Å²) >= 11 is 1.26. The lowest BCUT2D eigenvalue weighted by atomic mass is 10.0. The zero-order valence-electron chi connectivity index (χ0n) is 23.6. The van der Waals surface area contributed by atoms with Gasteiger partial charge in [-0.1, -0.05) is 29.8 Å². The van der Waals surface area contributed by atoms with Gasteiger partial charge < -0.3 is 19.3 Å². The smallest absolute Gasteiger partial charge is 0.416 e. The van der Waals surface area contributed by atoms with Gasteiger partial charge in [0.1, 0.15) is 6.61 Å². The predicted molar refractivity (Wildman–Crippen MR) is 157 cm³/mol. The second-order valence-corrected chi connectivity index (χ2v) is 11.2. The van der Waals surface area contributed by atoms with Gasteiger partial charge in [-0.05, 0) is 66.7 Å². The monoisotopic (exact) mass is 635 g/mol. The number of piperazine rings is 1.